The van der Waals surface area contributed by atoms with Gasteiger partial charge in [0.05, 0.1) is 22.7 Å². The Balaban J connectivity index is 1.20. The van der Waals surface area contributed by atoms with Gasteiger partial charge in [0.1, 0.15) is 5.82 Å². The first-order chi connectivity index (χ1) is 22.6. The normalized spacial score (nSPS) is 13.6. The number of rotatable bonds is 12. The van der Waals surface area contributed by atoms with E-state index in [4.69, 9.17) is 10.2 Å². The molecule has 6 nitrogen and oxygen atoms in total. The highest BCUT2D eigenvalue weighted by molar-refractivity contribution is 5.97. The average molecular weight is 610 g/mol. The Kier molecular flexibility index (Phi) is 10.2. The number of carbonyl (C=O) groups excluding carboxylic acids is 1. The predicted molar refractivity (Wildman–Crippen MR) is 184 cm³/mol. The van der Waals surface area contributed by atoms with Gasteiger partial charge in [-0.05, 0) is 66.3 Å². The van der Waals surface area contributed by atoms with E-state index >= 15 is 0 Å². The summed E-state index contributed by atoms with van der Waals surface area (Å²) >= 11 is 0. The number of aromatic nitrogens is 2. The van der Waals surface area contributed by atoms with Crippen LogP contribution < -0.4 is 0 Å². The molecule has 1 aliphatic rings. The highest BCUT2D eigenvalue weighted by Gasteiger charge is 2.27. The molecule has 0 aliphatic heterocycles. The number of carbonyl (C=O) groups is 1. The number of hydrogen-bond acceptors (Lipinski definition) is 4. The van der Waals surface area contributed by atoms with Crippen LogP contribution in [0.2, 0.25) is 0 Å². The van der Waals surface area contributed by atoms with E-state index in [1.165, 1.54) is 36.0 Å². The summed E-state index contributed by atoms with van der Waals surface area (Å²) in [7, 11) is 2.05. The molecule has 6 heteroatoms. The summed E-state index contributed by atoms with van der Waals surface area (Å²) in [6.45, 7) is 3.18. The predicted octanol–water partition coefficient (Wildman–Crippen LogP) is 7.71. The third-order valence-corrected chi connectivity index (χ3v) is 9.37. The molecule has 1 heterocycles. The van der Waals surface area contributed by atoms with Gasteiger partial charge in [-0.3, -0.25) is 9.69 Å². The molecule has 1 aliphatic carbocycles. The Bertz CT molecular complexity index is 1720. The highest BCUT2D eigenvalue weighted by atomic mass is 16.2. The first kappa shape index (κ1) is 31.3. The fraction of sp³-hybridized carbons (Fsp3) is 0.325. The van der Waals surface area contributed by atoms with E-state index in [1.54, 1.807) is 0 Å². The minimum absolute atomic E-state index is 0.109. The van der Waals surface area contributed by atoms with Crippen molar-refractivity contribution in [1.82, 2.24) is 19.4 Å². The molecule has 1 amide bonds. The highest BCUT2D eigenvalue weighted by Crippen LogP contribution is 2.26. The third kappa shape index (κ3) is 7.73. The van der Waals surface area contributed by atoms with Crippen LogP contribution >= 0.6 is 0 Å². The van der Waals surface area contributed by atoms with E-state index in [0.29, 0.717) is 17.7 Å². The molecule has 0 saturated heterocycles. The summed E-state index contributed by atoms with van der Waals surface area (Å²) in [5.74, 6) is 1.10. The molecule has 0 unspecified atom stereocenters. The van der Waals surface area contributed by atoms with E-state index in [-0.39, 0.29) is 11.9 Å². The van der Waals surface area contributed by atoms with Crippen LogP contribution in [0.5, 0.6) is 0 Å². The second kappa shape index (κ2) is 15.0. The Labute approximate surface area is 272 Å². The number of nitriles is 1. The van der Waals surface area contributed by atoms with Crippen molar-refractivity contribution in [2.24, 2.45) is 7.05 Å². The van der Waals surface area contributed by atoms with Crippen molar-refractivity contribution >= 4 is 16.9 Å². The summed E-state index contributed by atoms with van der Waals surface area (Å²) in [5.41, 5.74) is 7.03. The van der Waals surface area contributed by atoms with Gasteiger partial charge in [-0.1, -0.05) is 92.1 Å². The maximum absolute atomic E-state index is 14.3. The zero-order chi connectivity index (χ0) is 31.7. The first-order valence-corrected chi connectivity index (χ1v) is 16.6. The van der Waals surface area contributed by atoms with Crippen LogP contribution in [0.4, 0.5) is 0 Å². The number of amides is 1. The fourth-order valence-electron chi connectivity index (χ4n) is 6.76. The Morgan fingerprint density at radius 2 is 1.46 bits per heavy atom. The molecule has 5 aromatic rings. The van der Waals surface area contributed by atoms with Gasteiger partial charge in [0.15, 0.2) is 0 Å². The molecule has 6 rings (SSSR count). The van der Waals surface area contributed by atoms with Crippen molar-refractivity contribution in [3.05, 3.63) is 137 Å². The molecule has 0 bridgehead atoms. The SMILES string of the molecule is Cn1c(CCc2ccc(C#N)cc2)nc2cc(C(=O)N(CCN(Cc3ccccc3)Cc3ccccc3)C3CCCCC3)ccc21. The lowest BCUT2D eigenvalue weighted by Crippen LogP contribution is -2.45. The molecule has 0 spiro atoms. The zero-order valence-electron chi connectivity index (χ0n) is 26.8. The van der Waals surface area contributed by atoms with Crippen molar-refractivity contribution in [3.63, 3.8) is 0 Å². The van der Waals surface area contributed by atoms with Gasteiger partial charge in [0.2, 0.25) is 0 Å². The van der Waals surface area contributed by atoms with Gasteiger partial charge in [0, 0.05) is 51.3 Å². The third-order valence-electron chi connectivity index (χ3n) is 9.37. The Morgan fingerprint density at radius 3 is 2.09 bits per heavy atom. The molecule has 4 aromatic carbocycles. The topological polar surface area (TPSA) is 65.2 Å². The number of nitrogens with zero attached hydrogens (tertiary/aromatic N) is 5. The number of hydrogen-bond donors (Lipinski definition) is 0. The van der Waals surface area contributed by atoms with E-state index in [9.17, 15) is 4.79 Å². The second-order valence-corrected chi connectivity index (χ2v) is 12.6. The lowest BCUT2D eigenvalue weighted by Gasteiger charge is -2.36. The van der Waals surface area contributed by atoms with Crippen LogP contribution in [-0.4, -0.2) is 44.4 Å². The van der Waals surface area contributed by atoms with Gasteiger partial charge >= 0.3 is 0 Å². The van der Waals surface area contributed by atoms with Crippen molar-refractivity contribution in [3.8, 4) is 6.07 Å². The minimum atomic E-state index is 0.109. The molecular formula is C40H43N5O. The lowest BCUT2D eigenvalue weighted by molar-refractivity contribution is 0.0598. The van der Waals surface area contributed by atoms with Crippen molar-refractivity contribution < 1.29 is 4.79 Å². The number of benzene rings is 4. The van der Waals surface area contributed by atoms with Crippen LogP contribution in [0.1, 0.15) is 70.5 Å². The van der Waals surface area contributed by atoms with E-state index in [0.717, 1.165) is 62.2 Å². The van der Waals surface area contributed by atoms with Crippen LogP contribution in [0, 0.1) is 11.3 Å². The molecule has 0 radical (unpaired) electrons. The summed E-state index contributed by atoms with van der Waals surface area (Å²) in [6, 6.07) is 37.5. The fourth-order valence-corrected chi connectivity index (χ4v) is 6.76. The minimum Gasteiger partial charge on any atom is -0.334 e. The quantitative estimate of drug-likeness (QED) is 0.145. The standard InChI is InChI=1S/C40H43N5O/c1-43-38-23-22-35(27-37(38)42-39(43)24-21-31-17-19-32(28-41)20-18-31)40(46)45(36-15-9-4-10-16-36)26-25-44(29-33-11-5-2-6-12-33)30-34-13-7-3-8-14-34/h2-3,5-8,11-14,17-20,22-23,27,36H,4,9-10,15-16,21,24-26,29-30H2,1H3. The number of fused-ring (bicyclic) bond motifs is 1. The molecule has 0 N–H and O–H groups in total. The van der Waals surface area contributed by atoms with Crippen LogP contribution in [0.3, 0.4) is 0 Å². The lowest BCUT2D eigenvalue weighted by atomic mass is 9.93. The molecule has 1 saturated carbocycles. The van der Waals surface area contributed by atoms with Gasteiger partial charge in [0.25, 0.3) is 5.91 Å². The van der Waals surface area contributed by atoms with E-state index in [2.05, 4.69) is 87.2 Å². The summed E-state index contributed by atoms with van der Waals surface area (Å²) < 4.78 is 2.14. The maximum Gasteiger partial charge on any atom is 0.254 e. The molecular weight excluding hydrogens is 566 g/mol. The maximum atomic E-state index is 14.3. The number of imidazole rings is 1. The molecule has 1 aromatic heterocycles. The smallest absolute Gasteiger partial charge is 0.254 e. The van der Waals surface area contributed by atoms with Crippen LogP contribution in [-0.2, 0) is 33.0 Å². The van der Waals surface area contributed by atoms with Gasteiger partial charge in [-0.15, -0.1) is 0 Å². The largest absolute Gasteiger partial charge is 0.334 e. The van der Waals surface area contributed by atoms with Gasteiger partial charge in [-0.25, -0.2) is 4.98 Å². The van der Waals surface area contributed by atoms with Crippen molar-refractivity contribution in [2.45, 2.75) is 64.1 Å². The Morgan fingerprint density at radius 1 is 0.804 bits per heavy atom. The van der Waals surface area contributed by atoms with Gasteiger partial charge in [-0.2, -0.15) is 5.26 Å². The zero-order valence-corrected chi connectivity index (χ0v) is 26.8. The molecule has 234 valence electrons. The van der Waals surface area contributed by atoms with Crippen LogP contribution in [0.15, 0.2) is 103 Å². The molecule has 46 heavy (non-hydrogen) atoms. The van der Waals surface area contributed by atoms with Crippen molar-refractivity contribution in [1.29, 1.82) is 5.26 Å². The average Bonchev–Trinajstić information content (AvgIpc) is 3.43. The van der Waals surface area contributed by atoms with E-state index < -0.39 is 0 Å². The van der Waals surface area contributed by atoms with Crippen LogP contribution in [0.25, 0.3) is 11.0 Å². The first-order valence-electron chi connectivity index (χ1n) is 16.6. The summed E-state index contributed by atoms with van der Waals surface area (Å²) in [4.78, 5) is 23.9. The molecule has 1 fully saturated rings. The summed E-state index contributed by atoms with van der Waals surface area (Å²) in [5, 5.41) is 9.09. The monoisotopic (exact) mass is 609 g/mol. The number of aryl methyl sites for hydroxylation is 3. The second-order valence-electron chi connectivity index (χ2n) is 12.6. The van der Waals surface area contributed by atoms with Crippen molar-refractivity contribution in [2.75, 3.05) is 13.1 Å². The summed E-state index contributed by atoms with van der Waals surface area (Å²) in [6.07, 6.45) is 7.35. The van der Waals surface area contributed by atoms with Gasteiger partial charge < -0.3 is 9.47 Å². The Hall–Kier alpha value is -4.73. The van der Waals surface area contributed by atoms with E-state index in [1.807, 2.05) is 43.4 Å². The molecule has 0 atom stereocenters.